The Morgan fingerprint density at radius 1 is 0.395 bits per heavy atom. The second-order valence-corrected chi connectivity index (χ2v) is 22.5. The number of nitrogens with one attached hydrogen (secondary N) is 3. The molecule has 29 nitrogen and oxygen atoms in total. The van der Waals surface area contributed by atoms with Crippen molar-refractivity contribution in [3.05, 3.63) is 133 Å². The van der Waals surface area contributed by atoms with Crippen LogP contribution in [0.5, 0.6) is 0 Å². The molecule has 8 N–H and O–H groups in total. The van der Waals surface area contributed by atoms with Crippen LogP contribution in [0.1, 0.15) is 5.56 Å². The number of aromatic nitrogens is 3. The molecule has 34 heteroatoms. The third-order valence-electron chi connectivity index (χ3n) is 9.67. The first-order chi connectivity index (χ1) is 35.6. The Labute approximate surface area is 431 Å². The number of hydrogen-bond donors (Lipinski definition) is 8. The summed E-state index contributed by atoms with van der Waals surface area (Å²) in [6, 6.07) is 27.1. The third-order valence-corrected chi connectivity index (χ3v) is 13.9. The van der Waals surface area contributed by atoms with Gasteiger partial charge in [-0.05, 0) is 140 Å². The van der Waals surface area contributed by atoms with Gasteiger partial charge in [-0.1, -0.05) is 0 Å². The van der Waals surface area contributed by atoms with Crippen molar-refractivity contribution >= 4 is 125 Å². The van der Waals surface area contributed by atoms with Gasteiger partial charge in [-0.25, -0.2) is 0 Å². The summed E-state index contributed by atoms with van der Waals surface area (Å²) >= 11 is 0. The fourth-order valence-corrected chi connectivity index (χ4v) is 8.71. The number of anilines is 5. The van der Waals surface area contributed by atoms with E-state index in [1.165, 1.54) is 78.9 Å². The molecule has 7 rings (SSSR count). The lowest BCUT2D eigenvalue weighted by atomic mass is 10.2. The second-order valence-electron chi connectivity index (χ2n) is 15.3. The number of azo groups is 4. The smallest absolute Gasteiger partial charge is 0.296 e. The molecule has 0 aliphatic rings. The topological polar surface area (TPSA) is 445 Å². The van der Waals surface area contributed by atoms with Gasteiger partial charge in [0, 0.05) is 17.9 Å². The largest absolute Gasteiger partial charge is 0.353 e. The monoisotopic (exact) mass is 1140 g/mol. The van der Waals surface area contributed by atoms with Crippen molar-refractivity contribution in [2.45, 2.75) is 26.5 Å². The maximum absolute atomic E-state index is 12.3. The Balaban J connectivity index is 1.05. The summed E-state index contributed by atoms with van der Waals surface area (Å²) < 4.78 is 165. The van der Waals surface area contributed by atoms with E-state index in [1.807, 2.05) is 0 Å². The second kappa shape index (κ2) is 22.7. The van der Waals surface area contributed by atoms with Crippen LogP contribution in [0.25, 0.3) is 0 Å². The zero-order valence-corrected chi connectivity index (χ0v) is 42.4. The molecular formula is C42H36N14O15S5. The first-order valence-electron chi connectivity index (χ1n) is 20.9. The number of nitrogens with zero attached hydrogens (tertiary/aromatic N) is 11. The SMILES string of the molecule is Cc1cc(Nc2nc(NCCS(=O)(=O)O)nc(Nc3ccc(N=Nc4ccc(N=Nc5ccc(S(=O)(=O)O)cc5)cc4S(=O)(=O)O)cc3)n2)ccc1N=Nc1ccc(N=Nc2ccc(S(=O)(=O)O)cc2)cc1S(=O)(=O)O. The van der Waals surface area contributed by atoms with Gasteiger partial charge in [-0.3, -0.25) is 22.8 Å². The van der Waals surface area contributed by atoms with Crippen LogP contribution in [0.15, 0.2) is 188 Å². The molecule has 0 atom stereocenters. The summed E-state index contributed by atoms with van der Waals surface area (Å²) in [7, 11) is -23.0. The molecule has 0 amide bonds. The van der Waals surface area contributed by atoms with Crippen LogP contribution in [-0.2, 0) is 50.6 Å². The zero-order valence-electron chi connectivity index (χ0n) is 38.3. The minimum Gasteiger partial charge on any atom is -0.353 e. The maximum Gasteiger partial charge on any atom is 0.296 e. The van der Waals surface area contributed by atoms with Crippen LogP contribution in [0, 0.1) is 6.92 Å². The van der Waals surface area contributed by atoms with Crippen molar-refractivity contribution in [2.24, 2.45) is 40.9 Å². The van der Waals surface area contributed by atoms with E-state index in [0.717, 1.165) is 36.4 Å². The summed E-state index contributed by atoms with van der Waals surface area (Å²) in [5.74, 6) is -0.934. The van der Waals surface area contributed by atoms with Gasteiger partial charge in [0.1, 0.15) is 21.2 Å². The van der Waals surface area contributed by atoms with Crippen LogP contribution in [0.2, 0.25) is 0 Å². The van der Waals surface area contributed by atoms with Crippen LogP contribution >= 0.6 is 0 Å². The van der Waals surface area contributed by atoms with Gasteiger partial charge in [-0.2, -0.15) is 87.7 Å². The fourth-order valence-electron chi connectivity index (χ4n) is 6.10. The Bertz CT molecular complexity index is 4060. The summed E-state index contributed by atoms with van der Waals surface area (Å²) in [5.41, 5.74) is 1.52. The van der Waals surface area contributed by atoms with E-state index < -0.39 is 66.1 Å². The average Bonchev–Trinajstić information content (AvgIpc) is 3.34. The number of hydrogen-bond acceptors (Lipinski definition) is 24. The lowest BCUT2D eigenvalue weighted by molar-refractivity contribution is 0.481. The van der Waals surface area contributed by atoms with E-state index in [4.69, 9.17) is 9.11 Å². The fraction of sp³-hybridized carbons (Fsp3) is 0.0714. The summed E-state index contributed by atoms with van der Waals surface area (Å²) in [4.78, 5) is 10.9. The lowest BCUT2D eigenvalue weighted by Gasteiger charge is -2.12. The van der Waals surface area contributed by atoms with E-state index in [0.29, 0.717) is 16.9 Å². The molecular weight excluding hydrogens is 1100 g/mol. The quantitative estimate of drug-likeness (QED) is 0.0260. The molecule has 0 aliphatic heterocycles. The predicted octanol–water partition coefficient (Wildman–Crippen LogP) is 9.62. The van der Waals surface area contributed by atoms with Crippen molar-refractivity contribution in [3.8, 4) is 0 Å². The van der Waals surface area contributed by atoms with Crippen LogP contribution in [0.3, 0.4) is 0 Å². The van der Waals surface area contributed by atoms with Crippen molar-refractivity contribution in [3.63, 3.8) is 0 Å². The van der Waals surface area contributed by atoms with Gasteiger partial charge in [0.25, 0.3) is 50.6 Å². The minimum absolute atomic E-state index is 0.0258. The standard InChI is InChI=1S/C42H36N14O15S5/c1-25-22-30(10-17-35(25)54-56-37-19-12-32(24-39(37)76(69,70)71)53-50-29-8-15-34(16-9-29)74(63,64)65)45-42-47-40(43-20-21-72(57,58)59)46-41(48-42)44-26-2-4-27(5-3-26)51-55-36-18-11-31(23-38(36)75(66,67)68)52-49-28-6-13-33(14-7-28)73(60,61)62/h2-19,22-24H,20-21H2,1H3,(H,57,58,59)(H,60,61,62)(H,63,64,65)(H,66,67,68)(H,69,70,71)(H3,43,44,45,46,47,48). The number of aryl methyl sites for hydroxylation is 1. The average molecular weight is 1140 g/mol. The third kappa shape index (κ3) is 15.8. The molecule has 0 aliphatic carbocycles. The highest BCUT2D eigenvalue weighted by Gasteiger charge is 2.19. The molecule has 1 heterocycles. The van der Waals surface area contributed by atoms with E-state index >= 15 is 0 Å². The van der Waals surface area contributed by atoms with E-state index in [1.54, 1.807) is 19.1 Å². The van der Waals surface area contributed by atoms with E-state index in [-0.39, 0.29) is 79.7 Å². The van der Waals surface area contributed by atoms with Gasteiger partial charge < -0.3 is 16.0 Å². The first-order valence-corrected chi connectivity index (χ1v) is 28.3. The normalized spacial score (nSPS) is 12.8. The molecule has 7 aromatic rings. The molecule has 0 spiro atoms. The van der Waals surface area contributed by atoms with Crippen LogP contribution in [-0.4, -0.2) is 92.1 Å². The van der Waals surface area contributed by atoms with Crippen LogP contribution < -0.4 is 16.0 Å². The predicted molar refractivity (Wildman–Crippen MR) is 271 cm³/mol. The number of rotatable bonds is 20. The van der Waals surface area contributed by atoms with Crippen molar-refractivity contribution in [1.82, 2.24) is 15.0 Å². The van der Waals surface area contributed by atoms with Crippen LogP contribution in [0.4, 0.5) is 74.7 Å². The maximum atomic E-state index is 12.3. The van der Waals surface area contributed by atoms with Gasteiger partial charge >= 0.3 is 0 Å². The molecule has 0 bridgehead atoms. The molecule has 0 unspecified atom stereocenters. The highest BCUT2D eigenvalue weighted by molar-refractivity contribution is 7.87. The Hall–Kier alpha value is -8.32. The molecule has 0 radical (unpaired) electrons. The Kier molecular flexibility index (Phi) is 16.5. The summed E-state index contributed by atoms with van der Waals surface area (Å²) in [6.45, 7) is 1.35. The van der Waals surface area contributed by atoms with Crippen molar-refractivity contribution in [2.75, 3.05) is 28.2 Å². The zero-order chi connectivity index (χ0) is 55.1. The molecule has 6 aromatic carbocycles. The van der Waals surface area contributed by atoms with E-state index in [2.05, 4.69) is 71.8 Å². The van der Waals surface area contributed by atoms with Gasteiger partial charge in [0.15, 0.2) is 0 Å². The lowest BCUT2D eigenvalue weighted by Crippen LogP contribution is -2.17. The highest BCUT2D eigenvalue weighted by Crippen LogP contribution is 2.34. The summed E-state index contributed by atoms with van der Waals surface area (Å²) in [5, 5.41) is 40.5. The van der Waals surface area contributed by atoms with E-state index in [9.17, 15) is 55.7 Å². The molecule has 394 valence electrons. The Morgan fingerprint density at radius 2 is 0.750 bits per heavy atom. The van der Waals surface area contributed by atoms with Gasteiger partial charge in [-0.15, -0.1) is 10.2 Å². The van der Waals surface area contributed by atoms with Gasteiger partial charge in [0.05, 0.1) is 49.7 Å². The molecule has 0 saturated heterocycles. The molecule has 1 aromatic heterocycles. The summed E-state index contributed by atoms with van der Waals surface area (Å²) in [6.07, 6.45) is 0. The number of benzene rings is 6. The van der Waals surface area contributed by atoms with Crippen molar-refractivity contribution < 1.29 is 64.9 Å². The molecule has 0 saturated carbocycles. The molecule has 76 heavy (non-hydrogen) atoms. The highest BCUT2D eigenvalue weighted by atomic mass is 32.2. The first kappa shape index (κ1) is 55.4. The minimum atomic E-state index is -4.87. The Morgan fingerprint density at radius 3 is 1.18 bits per heavy atom. The van der Waals surface area contributed by atoms with Gasteiger partial charge in [0.2, 0.25) is 17.8 Å². The molecule has 0 fully saturated rings. The van der Waals surface area contributed by atoms with Crippen molar-refractivity contribution in [1.29, 1.82) is 0 Å².